The Kier molecular flexibility index (Phi) is 4.82. The summed E-state index contributed by atoms with van der Waals surface area (Å²) in [4.78, 5) is 14.7. The normalized spacial score (nSPS) is 10.2. The zero-order valence-corrected chi connectivity index (χ0v) is 12.5. The standard InChI is InChI=1S/C13H11Cl2N3O3/c1-16-13-4-2-3-8(17-13)7-21-12-6-10(15)9(14)5-11(12)18(19)20/h2-6H,7H2,1H3,(H,16,17). The van der Waals surface area contributed by atoms with Gasteiger partial charge in [0.15, 0.2) is 5.75 Å². The summed E-state index contributed by atoms with van der Waals surface area (Å²) in [6.07, 6.45) is 0. The van der Waals surface area contributed by atoms with Gasteiger partial charge in [0.25, 0.3) is 0 Å². The molecule has 110 valence electrons. The van der Waals surface area contributed by atoms with Gasteiger partial charge in [-0.1, -0.05) is 29.3 Å². The highest BCUT2D eigenvalue weighted by molar-refractivity contribution is 6.42. The highest BCUT2D eigenvalue weighted by Crippen LogP contribution is 2.35. The van der Waals surface area contributed by atoms with Crippen molar-refractivity contribution >= 4 is 34.7 Å². The van der Waals surface area contributed by atoms with Gasteiger partial charge >= 0.3 is 5.69 Å². The fraction of sp³-hybridized carbons (Fsp3) is 0.154. The van der Waals surface area contributed by atoms with Crippen LogP contribution in [0.2, 0.25) is 10.0 Å². The molecule has 0 radical (unpaired) electrons. The number of nitrogens with zero attached hydrogens (tertiary/aromatic N) is 2. The third kappa shape index (κ3) is 3.74. The second kappa shape index (κ2) is 6.60. The van der Waals surface area contributed by atoms with Gasteiger partial charge < -0.3 is 10.1 Å². The first-order chi connectivity index (χ1) is 10.0. The van der Waals surface area contributed by atoms with E-state index in [1.54, 1.807) is 25.2 Å². The minimum absolute atomic E-state index is 0.0473. The third-order valence-corrected chi connectivity index (χ3v) is 3.36. The third-order valence-electron chi connectivity index (χ3n) is 2.64. The van der Waals surface area contributed by atoms with Crippen LogP contribution in [-0.4, -0.2) is 17.0 Å². The van der Waals surface area contributed by atoms with Gasteiger partial charge in [-0.3, -0.25) is 10.1 Å². The van der Waals surface area contributed by atoms with Crippen molar-refractivity contribution in [2.75, 3.05) is 12.4 Å². The van der Waals surface area contributed by atoms with Crippen LogP contribution in [-0.2, 0) is 6.61 Å². The van der Waals surface area contributed by atoms with Crippen molar-refractivity contribution in [3.8, 4) is 5.75 Å². The molecular formula is C13H11Cl2N3O3. The van der Waals surface area contributed by atoms with Crippen molar-refractivity contribution in [3.05, 3.63) is 56.2 Å². The Bertz CT molecular complexity index is 680. The zero-order valence-electron chi connectivity index (χ0n) is 11.0. The predicted molar refractivity (Wildman–Crippen MR) is 81.2 cm³/mol. The van der Waals surface area contributed by atoms with Crippen molar-refractivity contribution in [1.29, 1.82) is 0 Å². The maximum atomic E-state index is 11.0. The van der Waals surface area contributed by atoms with Crippen LogP contribution in [0.15, 0.2) is 30.3 Å². The lowest BCUT2D eigenvalue weighted by atomic mass is 10.3. The van der Waals surface area contributed by atoms with E-state index < -0.39 is 4.92 Å². The monoisotopic (exact) mass is 327 g/mol. The molecule has 2 rings (SSSR count). The Morgan fingerprint density at radius 1 is 1.33 bits per heavy atom. The number of pyridine rings is 1. The highest BCUT2D eigenvalue weighted by atomic mass is 35.5. The van der Waals surface area contributed by atoms with E-state index in [2.05, 4.69) is 10.3 Å². The maximum Gasteiger partial charge on any atom is 0.312 e. The van der Waals surface area contributed by atoms with Crippen molar-refractivity contribution in [3.63, 3.8) is 0 Å². The average Bonchev–Trinajstić information content (AvgIpc) is 2.48. The lowest BCUT2D eigenvalue weighted by Gasteiger charge is -2.08. The Morgan fingerprint density at radius 2 is 2.05 bits per heavy atom. The Labute approximate surface area is 130 Å². The molecule has 8 heteroatoms. The van der Waals surface area contributed by atoms with Crippen molar-refractivity contribution < 1.29 is 9.66 Å². The molecule has 2 aromatic rings. The molecule has 0 spiro atoms. The summed E-state index contributed by atoms with van der Waals surface area (Å²) >= 11 is 11.6. The van der Waals surface area contributed by atoms with Gasteiger partial charge in [0.05, 0.1) is 20.7 Å². The maximum absolute atomic E-state index is 11.0. The summed E-state index contributed by atoms with van der Waals surface area (Å²) in [7, 11) is 1.75. The number of nitrogens with one attached hydrogen (secondary N) is 1. The van der Waals surface area contributed by atoms with Crippen LogP contribution in [0, 0.1) is 10.1 Å². The van der Waals surface area contributed by atoms with Crippen molar-refractivity contribution in [2.45, 2.75) is 6.61 Å². The van der Waals surface area contributed by atoms with Gasteiger partial charge in [0, 0.05) is 19.2 Å². The van der Waals surface area contributed by atoms with Gasteiger partial charge in [-0.05, 0) is 12.1 Å². The number of anilines is 1. The number of benzene rings is 1. The second-order valence-corrected chi connectivity index (χ2v) is 4.86. The number of ether oxygens (including phenoxy) is 1. The van der Waals surface area contributed by atoms with Gasteiger partial charge in [0.2, 0.25) is 0 Å². The lowest BCUT2D eigenvalue weighted by molar-refractivity contribution is -0.385. The minimum Gasteiger partial charge on any atom is -0.480 e. The number of hydrogen-bond acceptors (Lipinski definition) is 5. The first-order valence-corrected chi connectivity index (χ1v) is 6.66. The van der Waals surface area contributed by atoms with Crippen LogP contribution in [0.1, 0.15) is 5.69 Å². The molecule has 1 aromatic carbocycles. The van der Waals surface area contributed by atoms with Crippen LogP contribution < -0.4 is 10.1 Å². The molecule has 0 saturated heterocycles. The van der Waals surface area contributed by atoms with Crippen LogP contribution >= 0.6 is 23.2 Å². The number of halogens is 2. The molecule has 1 N–H and O–H groups in total. The van der Waals surface area contributed by atoms with E-state index in [0.29, 0.717) is 11.5 Å². The SMILES string of the molecule is CNc1cccc(COc2cc(Cl)c(Cl)cc2[N+](=O)[O-])n1. The van der Waals surface area contributed by atoms with E-state index in [-0.39, 0.29) is 28.1 Å². The molecule has 0 aliphatic carbocycles. The summed E-state index contributed by atoms with van der Waals surface area (Å²) in [5, 5.41) is 14.2. The molecular weight excluding hydrogens is 317 g/mol. The fourth-order valence-electron chi connectivity index (χ4n) is 1.63. The summed E-state index contributed by atoms with van der Waals surface area (Å²) in [6.45, 7) is 0.0777. The Balaban J connectivity index is 2.22. The number of rotatable bonds is 5. The molecule has 21 heavy (non-hydrogen) atoms. The fourth-order valence-corrected chi connectivity index (χ4v) is 1.94. The van der Waals surface area contributed by atoms with Crippen LogP contribution in [0.4, 0.5) is 11.5 Å². The molecule has 0 aliphatic heterocycles. The topological polar surface area (TPSA) is 77.3 Å². The summed E-state index contributed by atoms with van der Waals surface area (Å²) in [6, 6.07) is 7.84. The summed E-state index contributed by atoms with van der Waals surface area (Å²) < 4.78 is 5.44. The molecule has 6 nitrogen and oxygen atoms in total. The van der Waals surface area contributed by atoms with E-state index in [4.69, 9.17) is 27.9 Å². The van der Waals surface area contributed by atoms with Gasteiger partial charge in [-0.25, -0.2) is 4.98 Å². The smallest absolute Gasteiger partial charge is 0.312 e. The average molecular weight is 328 g/mol. The number of nitro groups is 1. The molecule has 0 atom stereocenters. The van der Waals surface area contributed by atoms with Crippen molar-refractivity contribution in [1.82, 2.24) is 4.98 Å². The van der Waals surface area contributed by atoms with E-state index >= 15 is 0 Å². The predicted octanol–water partition coefficient (Wildman–Crippen LogP) is 3.92. The molecule has 0 aliphatic rings. The summed E-state index contributed by atoms with van der Waals surface area (Å²) in [5.74, 6) is 0.728. The van der Waals surface area contributed by atoms with Gasteiger partial charge in [-0.15, -0.1) is 0 Å². The molecule has 0 unspecified atom stereocenters. The van der Waals surface area contributed by atoms with E-state index in [1.165, 1.54) is 6.07 Å². The Morgan fingerprint density at radius 3 is 2.71 bits per heavy atom. The molecule has 0 bridgehead atoms. The van der Waals surface area contributed by atoms with Crippen LogP contribution in [0.3, 0.4) is 0 Å². The number of nitro benzene ring substituents is 1. The lowest BCUT2D eigenvalue weighted by Crippen LogP contribution is -2.02. The van der Waals surface area contributed by atoms with Crippen molar-refractivity contribution in [2.24, 2.45) is 0 Å². The quantitative estimate of drug-likeness (QED) is 0.665. The number of aromatic nitrogens is 1. The van der Waals surface area contributed by atoms with Gasteiger partial charge in [0.1, 0.15) is 12.4 Å². The van der Waals surface area contributed by atoms with E-state index in [9.17, 15) is 10.1 Å². The highest BCUT2D eigenvalue weighted by Gasteiger charge is 2.18. The van der Waals surface area contributed by atoms with E-state index in [0.717, 1.165) is 6.07 Å². The largest absolute Gasteiger partial charge is 0.480 e. The van der Waals surface area contributed by atoms with Crippen LogP contribution in [0.25, 0.3) is 0 Å². The van der Waals surface area contributed by atoms with E-state index in [1.807, 2.05) is 0 Å². The molecule has 0 amide bonds. The zero-order chi connectivity index (χ0) is 15.4. The van der Waals surface area contributed by atoms with Crippen LogP contribution in [0.5, 0.6) is 5.75 Å². The second-order valence-electron chi connectivity index (χ2n) is 4.04. The first kappa shape index (κ1) is 15.3. The first-order valence-electron chi connectivity index (χ1n) is 5.91. The van der Waals surface area contributed by atoms with Gasteiger partial charge in [-0.2, -0.15) is 0 Å². The number of hydrogen-bond donors (Lipinski definition) is 1. The minimum atomic E-state index is -0.574. The molecule has 0 fully saturated rings. The molecule has 0 saturated carbocycles. The summed E-state index contributed by atoms with van der Waals surface area (Å²) in [5.41, 5.74) is 0.386. The Hall–Kier alpha value is -2.05. The molecule has 1 heterocycles. The molecule has 1 aromatic heterocycles.